The number of hydrogen-bond acceptors (Lipinski definition) is 7. The molecule has 0 aromatic heterocycles. The number of piperazine rings is 1. The summed E-state index contributed by atoms with van der Waals surface area (Å²) in [5.74, 6) is -0.501. The molecule has 10 heteroatoms. The van der Waals surface area contributed by atoms with Crippen LogP contribution in [0.4, 0.5) is 15.3 Å². The normalized spacial score (nSPS) is 22.4. The first-order valence-electron chi connectivity index (χ1n) is 12.0. The zero-order valence-electron chi connectivity index (χ0n) is 20.4. The van der Waals surface area contributed by atoms with E-state index in [1.54, 1.807) is 11.0 Å². The molecule has 0 radical (unpaired) electrons. The largest absolute Gasteiger partial charge is 0.444 e. The molecule has 3 aliphatic rings. The van der Waals surface area contributed by atoms with E-state index in [1.165, 1.54) is 0 Å². The Bertz CT molecular complexity index is 1040. The molecular weight excluding hydrogens is 468 g/mol. The number of rotatable bonds is 3. The van der Waals surface area contributed by atoms with Gasteiger partial charge < -0.3 is 19.4 Å². The van der Waals surface area contributed by atoms with Crippen LogP contribution >= 0.6 is 11.8 Å². The van der Waals surface area contributed by atoms with E-state index in [0.717, 1.165) is 35.9 Å². The molecule has 3 aliphatic heterocycles. The number of carbonyl (C=O) groups excluding carboxylic acids is 4. The number of para-hydroxylation sites is 1. The highest BCUT2D eigenvalue weighted by atomic mass is 32.2. The molecule has 9 nitrogen and oxygen atoms in total. The van der Waals surface area contributed by atoms with Crippen LogP contribution in [-0.2, 0) is 14.3 Å². The number of imide groups is 1. The van der Waals surface area contributed by atoms with Crippen molar-refractivity contribution in [3.8, 4) is 0 Å². The highest BCUT2D eigenvalue weighted by molar-refractivity contribution is 8.18. The number of hydrogen-bond donors (Lipinski definition) is 1. The van der Waals surface area contributed by atoms with Crippen molar-refractivity contribution < 1.29 is 23.9 Å². The zero-order valence-corrected chi connectivity index (χ0v) is 21.2. The number of benzene rings is 1. The molecule has 3 saturated heterocycles. The van der Waals surface area contributed by atoms with E-state index in [0.29, 0.717) is 44.2 Å². The SMILES string of the molecule is CC(C)(C)OC(=O)N1CCCC(C(=O)N2CCN(c3ccccc3/C=C3\SC(=O)NC3=O)CC2)C1. The lowest BCUT2D eigenvalue weighted by molar-refractivity contribution is -0.137. The number of piperidine rings is 1. The van der Waals surface area contributed by atoms with E-state index < -0.39 is 5.60 Å². The van der Waals surface area contributed by atoms with Crippen molar-refractivity contribution in [1.29, 1.82) is 0 Å². The predicted molar refractivity (Wildman–Crippen MR) is 135 cm³/mol. The Morgan fingerprint density at radius 2 is 1.77 bits per heavy atom. The molecule has 1 N–H and O–H groups in total. The molecule has 0 bridgehead atoms. The van der Waals surface area contributed by atoms with Gasteiger partial charge in [0.15, 0.2) is 0 Å². The third-order valence-corrected chi connectivity index (χ3v) is 7.03. The van der Waals surface area contributed by atoms with Crippen LogP contribution in [0.15, 0.2) is 29.2 Å². The smallest absolute Gasteiger partial charge is 0.410 e. The second-order valence-electron chi connectivity index (χ2n) is 9.99. The summed E-state index contributed by atoms with van der Waals surface area (Å²) in [5.41, 5.74) is 1.26. The van der Waals surface area contributed by atoms with Gasteiger partial charge in [-0.15, -0.1) is 0 Å². The van der Waals surface area contributed by atoms with Crippen LogP contribution in [-0.4, -0.2) is 77.8 Å². The summed E-state index contributed by atoms with van der Waals surface area (Å²) in [6.07, 6.45) is 2.94. The van der Waals surface area contributed by atoms with Gasteiger partial charge in [-0.05, 0) is 63.1 Å². The predicted octanol–water partition coefficient (Wildman–Crippen LogP) is 3.31. The Morgan fingerprint density at radius 1 is 1.06 bits per heavy atom. The van der Waals surface area contributed by atoms with E-state index in [1.807, 2.05) is 49.9 Å². The van der Waals surface area contributed by atoms with Gasteiger partial charge in [-0.1, -0.05) is 18.2 Å². The Morgan fingerprint density at radius 3 is 2.43 bits per heavy atom. The monoisotopic (exact) mass is 500 g/mol. The number of nitrogens with zero attached hydrogens (tertiary/aromatic N) is 3. The van der Waals surface area contributed by atoms with Gasteiger partial charge in [0.25, 0.3) is 11.1 Å². The lowest BCUT2D eigenvalue weighted by Crippen LogP contribution is -2.53. The lowest BCUT2D eigenvalue weighted by atomic mass is 9.96. The molecule has 3 fully saturated rings. The first-order valence-corrected chi connectivity index (χ1v) is 12.8. The summed E-state index contributed by atoms with van der Waals surface area (Å²) in [6.45, 7) is 9.01. The minimum atomic E-state index is -0.563. The number of ether oxygens (including phenoxy) is 1. The number of thioether (sulfide) groups is 1. The van der Waals surface area contributed by atoms with Crippen LogP contribution in [0, 0.1) is 5.92 Å². The van der Waals surface area contributed by atoms with Gasteiger partial charge in [0, 0.05) is 45.0 Å². The van der Waals surface area contributed by atoms with Crippen LogP contribution in [0.25, 0.3) is 6.08 Å². The Hall–Kier alpha value is -3.01. The van der Waals surface area contributed by atoms with Crippen molar-refractivity contribution in [2.45, 2.75) is 39.2 Å². The summed E-state index contributed by atoms with van der Waals surface area (Å²) in [5, 5.41) is 1.92. The average molecular weight is 501 g/mol. The molecule has 0 spiro atoms. The maximum atomic E-state index is 13.3. The lowest BCUT2D eigenvalue weighted by Gasteiger charge is -2.40. The molecule has 1 unspecified atom stereocenters. The first kappa shape index (κ1) is 25.1. The second-order valence-corrected chi connectivity index (χ2v) is 11.0. The van der Waals surface area contributed by atoms with Crippen LogP contribution in [0.2, 0.25) is 0 Å². The van der Waals surface area contributed by atoms with Crippen LogP contribution in [0.5, 0.6) is 0 Å². The maximum absolute atomic E-state index is 13.3. The van der Waals surface area contributed by atoms with E-state index in [4.69, 9.17) is 4.74 Å². The quantitative estimate of drug-likeness (QED) is 0.636. The van der Waals surface area contributed by atoms with Gasteiger partial charge in [-0.2, -0.15) is 0 Å². The third-order valence-electron chi connectivity index (χ3n) is 6.22. The van der Waals surface area contributed by atoms with Gasteiger partial charge in [-0.25, -0.2) is 4.79 Å². The zero-order chi connectivity index (χ0) is 25.2. The number of likely N-dealkylation sites (tertiary alicyclic amines) is 1. The highest BCUT2D eigenvalue weighted by Gasteiger charge is 2.34. The second kappa shape index (κ2) is 10.3. The van der Waals surface area contributed by atoms with Crippen molar-refractivity contribution in [3.05, 3.63) is 34.7 Å². The molecule has 1 atom stereocenters. The van der Waals surface area contributed by atoms with Crippen molar-refractivity contribution >= 4 is 46.7 Å². The minimum absolute atomic E-state index is 0.0888. The number of anilines is 1. The van der Waals surface area contributed by atoms with Gasteiger partial charge >= 0.3 is 6.09 Å². The molecule has 1 aromatic carbocycles. The fraction of sp³-hybridized carbons (Fsp3) is 0.520. The van der Waals surface area contributed by atoms with Crippen molar-refractivity contribution in [3.63, 3.8) is 0 Å². The number of amides is 4. The Kier molecular flexibility index (Phi) is 7.39. The van der Waals surface area contributed by atoms with Crippen LogP contribution in [0.3, 0.4) is 0 Å². The van der Waals surface area contributed by atoms with Gasteiger partial charge in [0.05, 0.1) is 10.8 Å². The summed E-state index contributed by atoms with van der Waals surface area (Å²) in [6, 6.07) is 7.75. The molecule has 35 heavy (non-hydrogen) atoms. The third kappa shape index (κ3) is 6.17. The summed E-state index contributed by atoms with van der Waals surface area (Å²) >= 11 is 0.902. The average Bonchev–Trinajstić information content (AvgIpc) is 3.14. The molecule has 3 heterocycles. The van der Waals surface area contributed by atoms with Gasteiger partial charge in [0.2, 0.25) is 5.91 Å². The minimum Gasteiger partial charge on any atom is -0.444 e. The summed E-state index contributed by atoms with van der Waals surface area (Å²) < 4.78 is 5.49. The summed E-state index contributed by atoms with van der Waals surface area (Å²) in [7, 11) is 0. The molecule has 4 amide bonds. The van der Waals surface area contributed by atoms with Crippen molar-refractivity contribution in [1.82, 2.24) is 15.1 Å². The van der Waals surface area contributed by atoms with Crippen LogP contribution in [0.1, 0.15) is 39.2 Å². The molecule has 0 saturated carbocycles. The highest BCUT2D eigenvalue weighted by Crippen LogP contribution is 2.30. The molecular formula is C25H32N4O5S. The Balaban J connectivity index is 1.37. The standard InChI is InChI=1S/C25H32N4O5S/c1-25(2,3)34-24(33)29-10-6-8-18(16-29)22(31)28-13-11-27(12-14-28)19-9-5-4-7-17(19)15-20-21(30)26-23(32)35-20/h4-5,7,9,15,18H,6,8,10-14,16H2,1-3H3,(H,26,30,32)/b20-15-. The molecule has 188 valence electrons. The van der Waals surface area contributed by atoms with Crippen molar-refractivity contribution in [2.24, 2.45) is 5.92 Å². The van der Waals surface area contributed by atoms with Crippen molar-refractivity contribution in [2.75, 3.05) is 44.2 Å². The van der Waals surface area contributed by atoms with Crippen LogP contribution < -0.4 is 10.2 Å². The fourth-order valence-electron chi connectivity index (χ4n) is 4.56. The molecule has 0 aliphatic carbocycles. The maximum Gasteiger partial charge on any atom is 0.410 e. The van der Waals surface area contributed by atoms with E-state index in [9.17, 15) is 19.2 Å². The van der Waals surface area contributed by atoms with E-state index in [-0.39, 0.29) is 29.1 Å². The Labute approximate surface area is 209 Å². The van der Waals surface area contributed by atoms with Gasteiger partial charge in [-0.3, -0.25) is 19.7 Å². The molecule has 1 aromatic rings. The van der Waals surface area contributed by atoms with E-state index >= 15 is 0 Å². The molecule has 4 rings (SSSR count). The first-order chi connectivity index (χ1) is 16.6. The van der Waals surface area contributed by atoms with Gasteiger partial charge in [0.1, 0.15) is 5.60 Å². The number of nitrogens with one attached hydrogen (secondary N) is 1. The fourth-order valence-corrected chi connectivity index (χ4v) is 5.23. The topological polar surface area (TPSA) is 99.3 Å². The summed E-state index contributed by atoms with van der Waals surface area (Å²) in [4.78, 5) is 55.3. The van der Waals surface area contributed by atoms with E-state index in [2.05, 4.69) is 10.2 Å². The number of carbonyl (C=O) groups is 4.